The highest BCUT2D eigenvalue weighted by molar-refractivity contribution is 5.81. The third kappa shape index (κ3) is 4.17. The number of rotatable bonds is 7. The van der Waals surface area contributed by atoms with E-state index >= 15 is 0 Å². The Balaban J connectivity index is 1.50. The minimum atomic E-state index is -0.146. The number of hydrogen-bond donors (Lipinski definition) is 1. The van der Waals surface area contributed by atoms with Crippen molar-refractivity contribution in [3.05, 3.63) is 23.7 Å². The highest BCUT2D eigenvalue weighted by Crippen LogP contribution is 2.29. The van der Waals surface area contributed by atoms with E-state index in [2.05, 4.69) is 5.32 Å². The third-order valence-corrected chi connectivity index (χ3v) is 4.62. The topological polar surface area (TPSA) is 71.8 Å². The summed E-state index contributed by atoms with van der Waals surface area (Å²) < 4.78 is 11.4. The van der Waals surface area contributed by atoms with Gasteiger partial charge < -0.3 is 19.4 Å². The number of carbonyl (C=O) groups is 2. The van der Waals surface area contributed by atoms with E-state index in [9.17, 15) is 9.59 Å². The molecule has 1 aliphatic heterocycles. The molecule has 0 unspecified atom stereocenters. The Hall–Kier alpha value is -1.82. The minimum absolute atomic E-state index is 0.0958. The van der Waals surface area contributed by atoms with Gasteiger partial charge in [-0.1, -0.05) is 6.92 Å². The van der Waals surface area contributed by atoms with Crippen LogP contribution in [0.1, 0.15) is 50.2 Å². The zero-order chi connectivity index (χ0) is 16.9. The fourth-order valence-electron chi connectivity index (χ4n) is 2.99. The first-order valence-corrected chi connectivity index (χ1v) is 8.92. The lowest BCUT2D eigenvalue weighted by molar-refractivity contribution is -0.141. The molecule has 0 bridgehead atoms. The van der Waals surface area contributed by atoms with Gasteiger partial charge in [-0.2, -0.15) is 0 Å². The predicted octanol–water partition coefficient (Wildman–Crippen LogP) is 2.05. The largest absolute Gasteiger partial charge is 0.464 e. The van der Waals surface area contributed by atoms with E-state index in [0.29, 0.717) is 39.1 Å². The van der Waals surface area contributed by atoms with Crippen LogP contribution in [0.15, 0.2) is 16.5 Å². The smallest absolute Gasteiger partial charge is 0.223 e. The average Bonchev–Trinajstić information content (AvgIpc) is 3.36. The number of furan rings is 1. The van der Waals surface area contributed by atoms with Crippen LogP contribution in [0.3, 0.4) is 0 Å². The van der Waals surface area contributed by atoms with Gasteiger partial charge in [-0.25, -0.2) is 0 Å². The molecule has 6 nitrogen and oxygen atoms in total. The molecule has 2 amide bonds. The van der Waals surface area contributed by atoms with Crippen molar-refractivity contribution in [2.75, 3.05) is 26.3 Å². The normalized spacial score (nSPS) is 20.9. The van der Waals surface area contributed by atoms with Gasteiger partial charge in [-0.15, -0.1) is 0 Å². The van der Waals surface area contributed by atoms with Crippen LogP contribution in [0.25, 0.3) is 0 Å². The lowest BCUT2D eigenvalue weighted by atomic mass is 10.1. The molecule has 1 saturated heterocycles. The summed E-state index contributed by atoms with van der Waals surface area (Å²) in [6, 6.07) is 3.75. The zero-order valence-corrected chi connectivity index (χ0v) is 14.3. The van der Waals surface area contributed by atoms with Crippen LogP contribution in [0, 0.1) is 5.92 Å². The predicted molar refractivity (Wildman–Crippen MR) is 88.3 cm³/mol. The number of morpholine rings is 1. The number of aryl methyl sites for hydroxylation is 1. The second-order valence-electron chi connectivity index (χ2n) is 6.50. The monoisotopic (exact) mass is 334 g/mol. The molecule has 0 aromatic carbocycles. The van der Waals surface area contributed by atoms with E-state index in [1.54, 1.807) is 0 Å². The van der Waals surface area contributed by atoms with Crippen LogP contribution in [0.5, 0.6) is 0 Å². The first-order chi connectivity index (χ1) is 11.7. The van der Waals surface area contributed by atoms with Crippen molar-refractivity contribution in [3.8, 4) is 0 Å². The molecule has 0 spiro atoms. The molecule has 1 atom stereocenters. The number of ether oxygens (including phenoxy) is 1. The highest BCUT2D eigenvalue weighted by Gasteiger charge is 2.31. The fraction of sp³-hybridized carbons (Fsp3) is 0.667. The van der Waals surface area contributed by atoms with Crippen LogP contribution in [-0.4, -0.2) is 43.0 Å². The van der Waals surface area contributed by atoms with E-state index in [1.165, 1.54) is 0 Å². The van der Waals surface area contributed by atoms with E-state index in [0.717, 1.165) is 30.8 Å². The molecule has 1 aromatic heterocycles. The molecule has 1 N–H and O–H groups in total. The highest BCUT2D eigenvalue weighted by atomic mass is 16.5. The van der Waals surface area contributed by atoms with E-state index in [4.69, 9.17) is 9.15 Å². The van der Waals surface area contributed by atoms with E-state index < -0.39 is 0 Å². The first kappa shape index (κ1) is 17.0. The number of amides is 2. The lowest BCUT2D eigenvalue weighted by Gasteiger charge is -2.34. The number of nitrogens with one attached hydrogen (secondary N) is 1. The molecule has 24 heavy (non-hydrogen) atoms. The first-order valence-electron chi connectivity index (χ1n) is 8.92. The van der Waals surface area contributed by atoms with Gasteiger partial charge in [0.15, 0.2) is 0 Å². The second kappa shape index (κ2) is 7.83. The summed E-state index contributed by atoms with van der Waals surface area (Å²) in [5, 5.41) is 2.90. The Bertz CT molecular complexity index is 579. The van der Waals surface area contributed by atoms with Gasteiger partial charge in [0, 0.05) is 31.8 Å². The van der Waals surface area contributed by atoms with Crippen LogP contribution >= 0.6 is 0 Å². The van der Waals surface area contributed by atoms with Gasteiger partial charge in [-0.05, 0) is 31.4 Å². The summed E-state index contributed by atoms with van der Waals surface area (Å²) >= 11 is 0. The van der Waals surface area contributed by atoms with Crippen molar-refractivity contribution in [1.29, 1.82) is 0 Å². The van der Waals surface area contributed by atoms with Crippen molar-refractivity contribution in [1.82, 2.24) is 10.2 Å². The second-order valence-corrected chi connectivity index (χ2v) is 6.50. The number of carbonyl (C=O) groups excluding carboxylic acids is 2. The van der Waals surface area contributed by atoms with Gasteiger partial charge in [0.05, 0.1) is 13.2 Å². The third-order valence-electron chi connectivity index (χ3n) is 4.62. The van der Waals surface area contributed by atoms with Crippen LogP contribution in [0.2, 0.25) is 0 Å². The summed E-state index contributed by atoms with van der Waals surface area (Å²) in [5.74, 6) is 2.16. The summed E-state index contributed by atoms with van der Waals surface area (Å²) in [7, 11) is 0. The molecule has 3 rings (SSSR count). The van der Waals surface area contributed by atoms with Crippen molar-refractivity contribution in [3.63, 3.8) is 0 Å². The number of nitrogens with zero attached hydrogens (tertiary/aromatic N) is 1. The Morgan fingerprint density at radius 1 is 1.33 bits per heavy atom. The maximum absolute atomic E-state index is 12.6. The summed E-state index contributed by atoms with van der Waals surface area (Å²) in [6.45, 7) is 4.22. The summed E-state index contributed by atoms with van der Waals surface area (Å²) in [4.78, 5) is 26.0. The Kier molecular flexibility index (Phi) is 5.56. The molecule has 0 radical (unpaired) electrons. The maximum atomic E-state index is 12.6. The van der Waals surface area contributed by atoms with E-state index in [-0.39, 0.29) is 23.8 Å². The van der Waals surface area contributed by atoms with Crippen molar-refractivity contribution >= 4 is 11.8 Å². The minimum Gasteiger partial charge on any atom is -0.464 e. The molecule has 2 fully saturated rings. The van der Waals surface area contributed by atoms with Crippen LogP contribution < -0.4 is 5.32 Å². The quantitative estimate of drug-likeness (QED) is 0.775. The summed E-state index contributed by atoms with van der Waals surface area (Å²) in [6.07, 6.45) is 3.94. The molecule has 1 aromatic rings. The molecule has 2 heterocycles. The zero-order valence-electron chi connectivity index (χ0n) is 14.3. The molecule has 6 heteroatoms. The molecule has 1 saturated carbocycles. The van der Waals surface area contributed by atoms with Crippen molar-refractivity contribution < 1.29 is 18.7 Å². The van der Waals surface area contributed by atoms with Gasteiger partial charge in [-0.3, -0.25) is 9.59 Å². The maximum Gasteiger partial charge on any atom is 0.223 e. The van der Waals surface area contributed by atoms with Crippen LogP contribution in [0.4, 0.5) is 0 Å². The van der Waals surface area contributed by atoms with Gasteiger partial charge in [0.2, 0.25) is 11.8 Å². The Morgan fingerprint density at radius 2 is 2.17 bits per heavy atom. The average molecular weight is 334 g/mol. The van der Waals surface area contributed by atoms with Crippen molar-refractivity contribution in [2.45, 2.75) is 45.1 Å². The van der Waals surface area contributed by atoms with Crippen molar-refractivity contribution in [2.24, 2.45) is 5.92 Å². The molecule has 2 aliphatic rings. The van der Waals surface area contributed by atoms with Gasteiger partial charge >= 0.3 is 0 Å². The van der Waals surface area contributed by atoms with E-state index in [1.807, 2.05) is 24.0 Å². The fourth-order valence-corrected chi connectivity index (χ4v) is 2.99. The molecule has 132 valence electrons. The molecular weight excluding hydrogens is 308 g/mol. The standard InChI is InChI=1S/C18H26N2O4/c1-2-14-7-8-16(24-14)15-12-23-11-10-20(15)17(21)4-3-9-19-18(22)13-5-6-13/h7-8,13,15H,2-6,9-12H2,1H3,(H,19,22)/t15-/m1/s1. The van der Waals surface area contributed by atoms with Crippen LogP contribution in [-0.2, 0) is 20.7 Å². The summed E-state index contributed by atoms with van der Waals surface area (Å²) in [5.41, 5.74) is 0. The molecule has 1 aliphatic carbocycles. The molecular formula is C18H26N2O4. The van der Waals surface area contributed by atoms with Gasteiger partial charge in [0.1, 0.15) is 17.6 Å². The lowest BCUT2D eigenvalue weighted by Crippen LogP contribution is -2.43. The number of hydrogen-bond acceptors (Lipinski definition) is 4. The SMILES string of the molecule is CCc1ccc([C@H]2COCCN2C(=O)CCCNC(=O)C2CC2)o1. The van der Waals surface area contributed by atoms with Gasteiger partial charge in [0.25, 0.3) is 0 Å². The Labute approximate surface area is 142 Å². The Morgan fingerprint density at radius 3 is 2.88 bits per heavy atom.